The van der Waals surface area contributed by atoms with E-state index in [1.807, 2.05) is 0 Å². The van der Waals surface area contributed by atoms with Crippen LogP contribution in [0.4, 0.5) is 4.79 Å². The van der Waals surface area contributed by atoms with Crippen molar-refractivity contribution in [1.82, 2.24) is 19.8 Å². The van der Waals surface area contributed by atoms with E-state index in [4.69, 9.17) is 19.9 Å². The molecule has 2 aromatic heterocycles. The first-order chi connectivity index (χ1) is 18.2. The maximum atomic E-state index is 13.0. The van der Waals surface area contributed by atoms with Gasteiger partial charge in [0, 0.05) is 6.04 Å². The van der Waals surface area contributed by atoms with E-state index in [0.29, 0.717) is 47.8 Å². The monoisotopic (exact) mass is 521 g/mol. The van der Waals surface area contributed by atoms with Crippen molar-refractivity contribution in [1.29, 1.82) is 0 Å². The molecule has 0 spiro atoms. The van der Waals surface area contributed by atoms with Gasteiger partial charge >= 0.3 is 6.09 Å². The molecule has 1 aliphatic carbocycles. The van der Waals surface area contributed by atoms with Gasteiger partial charge in [-0.3, -0.25) is 9.59 Å². The molecule has 5 rings (SSSR count). The molecule has 11 heteroatoms. The van der Waals surface area contributed by atoms with Gasteiger partial charge in [-0.25, -0.2) is 9.31 Å². The number of rotatable bonds is 9. The van der Waals surface area contributed by atoms with Gasteiger partial charge in [-0.05, 0) is 48.9 Å². The topological polar surface area (TPSA) is 137 Å². The molecular formula is C27H31N5O6. The highest BCUT2D eigenvalue weighted by atomic mass is 16.5. The number of carbonyl (C=O) groups is 3. The number of nitrogens with zero attached hydrogens (tertiary/aromatic N) is 3. The summed E-state index contributed by atoms with van der Waals surface area (Å²) in [6, 6.07) is 10.6. The Morgan fingerprint density at radius 2 is 1.89 bits per heavy atom. The number of para-hydroxylation sites is 1. The molecule has 1 aromatic carbocycles. The van der Waals surface area contributed by atoms with Crippen LogP contribution in [0.5, 0.6) is 11.5 Å². The molecule has 3 N–H and O–H groups in total. The van der Waals surface area contributed by atoms with Crippen LogP contribution in [-0.2, 0) is 4.74 Å². The van der Waals surface area contributed by atoms with E-state index in [-0.39, 0.29) is 29.6 Å². The molecule has 3 aromatic rings. The van der Waals surface area contributed by atoms with Crippen LogP contribution in [0, 0.1) is 5.41 Å². The standard InChI is InChI=1S/C27H31N5O6/c1-27(9-10-37-23-6-4-3-5-20(23)24(28)33)11-17(12-27)30-25(34)21-13-29-32-16-18(7-8-22(21)32)38-19-14-31(15-19)26(35)36-2/h3-8,13,16-17,19H,9-12,14-15H2,1-2H3,(H2,28,33)(H,30,34). The van der Waals surface area contributed by atoms with Gasteiger partial charge in [-0.1, -0.05) is 19.1 Å². The number of ether oxygens (including phenoxy) is 3. The van der Waals surface area contributed by atoms with E-state index in [0.717, 1.165) is 19.3 Å². The molecule has 3 heterocycles. The van der Waals surface area contributed by atoms with Crippen molar-refractivity contribution in [2.24, 2.45) is 11.1 Å². The fourth-order valence-electron chi connectivity index (χ4n) is 5.10. The van der Waals surface area contributed by atoms with Crippen molar-refractivity contribution in [3.8, 4) is 11.5 Å². The third kappa shape index (κ3) is 5.22. The van der Waals surface area contributed by atoms with Crippen molar-refractivity contribution >= 4 is 23.4 Å². The molecule has 1 saturated carbocycles. The molecule has 0 unspecified atom stereocenters. The molecule has 0 radical (unpaired) electrons. The summed E-state index contributed by atoms with van der Waals surface area (Å²) in [5, 5.41) is 7.43. The van der Waals surface area contributed by atoms with E-state index in [9.17, 15) is 14.4 Å². The zero-order valence-corrected chi connectivity index (χ0v) is 21.4. The van der Waals surface area contributed by atoms with Crippen molar-refractivity contribution in [3.63, 3.8) is 0 Å². The fourth-order valence-corrected chi connectivity index (χ4v) is 5.10. The number of primary amides is 1. The third-order valence-corrected chi connectivity index (χ3v) is 7.25. The van der Waals surface area contributed by atoms with Crippen LogP contribution in [0.15, 0.2) is 48.8 Å². The van der Waals surface area contributed by atoms with E-state index >= 15 is 0 Å². The number of fused-ring (bicyclic) bond motifs is 1. The molecule has 38 heavy (non-hydrogen) atoms. The second-order valence-electron chi connectivity index (χ2n) is 10.2. The molecule has 2 fully saturated rings. The number of hydrogen-bond acceptors (Lipinski definition) is 7. The number of amides is 3. The van der Waals surface area contributed by atoms with Gasteiger partial charge in [-0.2, -0.15) is 5.10 Å². The molecule has 1 aliphatic heterocycles. The van der Waals surface area contributed by atoms with Crippen LogP contribution in [-0.4, -0.2) is 71.4 Å². The first kappa shape index (κ1) is 25.4. The minimum atomic E-state index is -0.514. The van der Waals surface area contributed by atoms with Crippen molar-refractivity contribution in [2.75, 3.05) is 26.8 Å². The van der Waals surface area contributed by atoms with Gasteiger partial charge in [0.1, 0.15) is 17.6 Å². The molecular weight excluding hydrogens is 490 g/mol. The van der Waals surface area contributed by atoms with Gasteiger partial charge in [0.25, 0.3) is 11.8 Å². The summed E-state index contributed by atoms with van der Waals surface area (Å²) in [5.41, 5.74) is 7.01. The molecule has 200 valence electrons. The largest absolute Gasteiger partial charge is 0.493 e. The lowest BCUT2D eigenvalue weighted by molar-refractivity contribution is 0.0180. The number of methoxy groups -OCH3 is 1. The summed E-state index contributed by atoms with van der Waals surface area (Å²) in [7, 11) is 1.35. The van der Waals surface area contributed by atoms with Crippen LogP contribution in [0.3, 0.4) is 0 Å². The zero-order valence-electron chi connectivity index (χ0n) is 21.4. The van der Waals surface area contributed by atoms with E-state index in [2.05, 4.69) is 17.3 Å². The van der Waals surface area contributed by atoms with Gasteiger partial charge in [-0.15, -0.1) is 0 Å². The molecule has 11 nitrogen and oxygen atoms in total. The van der Waals surface area contributed by atoms with Gasteiger partial charge in [0.05, 0.1) is 55.8 Å². The quantitative estimate of drug-likeness (QED) is 0.442. The maximum Gasteiger partial charge on any atom is 0.409 e. The number of aromatic nitrogens is 2. The lowest BCUT2D eigenvalue weighted by Crippen LogP contribution is -2.56. The van der Waals surface area contributed by atoms with Crippen LogP contribution in [0.25, 0.3) is 5.52 Å². The van der Waals surface area contributed by atoms with Crippen molar-refractivity contribution < 1.29 is 28.6 Å². The second kappa shape index (κ2) is 10.2. The summed E-state index contributed by atoms with van der Waals surface area (Å²) < 4.78 is 18.0. The number of pyridine rings is 1. The number of benzene rings is 1. The number of nitrogens with two attached hydrogens (primary N) is 1. The van der Waals surface area contributed by atoms with E-state index in [1.54, 1.807) is 58.2 Å². The minimum Gasteiger partial charge on any atom is -0.493 e. The highest BCUT2D eigenvalue weighted by Crippen LogP contribution is 2.43. The summed E-state index contributed by atoms with van der Waals surface area (Å²) in [5.74, 6) is 0.419. The van der Waals surface area contributed by atoms with Crippen LogP contribution < -0.4 is 20.5 Å². The Hall–Kier alpha value is -4.28. The SMILES string of the molecule is COC(=O)N1CC(Oc2ccc3c(C(=O)NC4CC(C)(CCOc5ccccc5C(N)=O)C4)cnn3c2)C1. The zero-order chi connectivity index (χ0) is 26.9. The molecule has 0 bridgehead atoms. The normalized spacial score (nSPS) is 20.8. The Morgan fingerprint density at radius 1 is 1.13 bits per heavy atom. The Bertz CT molecular complexity index is 1360. The van der Waals surface area contributed by atoms with Gasteiger partial charge < -0.3 is 30.2 Å². The highest BCUT2D eigenvalue weighted by molar-refractivity contribution is 6.00. The van der Waals surface area contributed by atoms with Crippen molar-refractivity contribution in [3.05, 3.63) is 59.9 Å². The van der Waals surface area contributed by atoms with E-state index in [1.165, 1.54) is 7.11 Å². The van der Waals surface area contributed by atoms with Crippen LogP contribution >= 0.6 is 0 Å². The number of nitrogens with one attached hydrogen (secondary N) is 1. The van der Waals surface area contributed by atoms with Crippen molar-refractivity contribution in [2.45, 2.75) is 38.3 Å². The smallest absolute Gasteiger partial charge is 0.409 e. The first-order valence-electron chi connectivity index (χ1n) is 12.5. The fraction of sp³-hybridized carbons (Fsp3) is 0.407. The first-order valence-corrected chi connectivity index (χ1v) is 12.5. The Kier molecular flexibility index (Phi) is 6.83. The molecule has 0 atom stereocenters. The molecule has 2 aliphatic rings. The number of hydrogen-bond donors (Lipinski definition) is 2. The predicted octanol–water partition coefficient (Wildman–Crippen LogP) is 2.63. The lowest BCUT2D eigenvalue weighted by atomic mass is 9.65. The average molecular weight is 522 g/mol. The van der Waals surface area contributed by atoms with Gasteiger partial charge in [0.15, 0.2) is 0 Å². The average Bonchev–Trinajstić information content (AvgIpc) is 3.28. The summed E-state index contributed by atoms with van der Waals surface area (Å²) in [6.07, 6.45) is 5.27. The predicted molar refractivity (Wildman–Crippen MR) is 137 cm³/mol. The molecule has 1 saturated heterocycles. The van der Waals surface area contributed by atoms with Crippen LogP contribution in [0.1, 0.15) is 46.9 Å². The number of carbonyl (C=O) groups excluding carboxylic acids is 3. The molecule has 3 amide bonds. The number of likely N-dealkylation sites (tertiary alicyclic amines) is 1. The summed E-state index contributed by atoms with van der Waals surface area (Å²) >= 11 is 0. The maximum absolute atomic E-state index is 13.0. The summed E-state index contributed by atoms with van der Waals surface area (Å²) in [4.78, 5) is 37.6. The Labute approximate surface area is 219 Å². The summed E-state index contributed by atoms with van der Waals surface area (Å²) in [6.45, 7) is 3.55. The Morgan fingerprint density at radius 3 is 2.63 bits per heavy atom. The van der Waals surface area contributed by atoms with Gasteiger partial charge in [0.2, 0.25) is 0 Å². The van der Waals surface area contributed by atoms with E-state index < -0.39 is 5.91 Å². The highest BCUT2D eigenvalue weighted by Gasteiger charge is 2.41. The second-order valence-corrected chi connectivity index (χ2v) is 10.2. The Balaban J connectivity index is 1.10. The minimum absolute atomic E-state index is 0.0396. The van der Waals surface area contributed by atoms with Crippen LogP contribution in [0.2, 0.25) is 0 Å². The lowest BCUT2D eigenvalue weighted by Gasteiger charge is -2.45. The third-order valence-electron chi connectivity index (χ3n) is 7.25.